The summed E-state index contributed by atoms with van der Waals surface area (Å²) in [6.07, 6.45) is 5.42. The minimum atomic E-state index is 0.100. The van der Waals surface area contributed by atoms with Crippen LogP contribution < -0.4 is 5.32 Å². The molecule has 4 unspecified atom stereocenters. The predicted octanol–water partition coefficient (Wildman–Crippen LogP) is 4.31. The number of benzene rings is 1. The van der Waals surface area contributed by atoms with Gasteiger partial charge in [0.05, 0.1) is 5.75 Å². The average Bonchev–Trinajstić information content (AvgIpc) is 3.41. The Morgan fingerprint density at radius 3 is 2.86 bits per heavy atom. The molecule has 2 aromatic rings. The van der Waals surface area contributed by atoms with Crippen molar-refractivity contribution in [2.75, 3.05) is 5.75 Å². The maximum absolute atomic E-state index is 12.5. The number of thioether (sulfide) groups is 1. The topological polar surface area (TPSA) is 59.8 Å². The summed E-state index contributed by atoms with van der Waals surface area (Å²) in [6.45, 7) is 7.12. The van der Waals surface area contributed by atoms with Gasteiger partial charge in [0.25, 0.3) is 0 Å². The lowest BCUT2D eigenvalue weighted by Gasteiger charge is -2.28. The van der Waals surface area contributed by atoms with Gasteiger partial charge in [-0.2, -0.15) is 0 Å². The van der Waals surface area contributed by atoms with Crippen molar-refractivity contribution in [2.24, 2.45) is 17.8 Å². The minimum Gasteiger partial charge on any atom is -0.353 e. The molecule has 4 atom stereocenters. The van der Waals surface area contributed by atoms with Gasteiger partial charge < -0.3 is 9.88 Å². The lowest BCUT2D eigenvalue weighted by Crippen LogP contribution is -2.40. The van der Waals surface area contributed by atoms with Crippen molar-refractivity contribution in [1.82, 2.24) is 20.1 Å². The lowest BCUT2D eigenvalue weighted by atomic mass is 9.84. The van der Waals surface area contributed by atoms with E-state index in [4.69, 9.17) is 0 Å². The van der Waals surface area contributed by atoms with E-state index in [9.17, 15) is 4.79 Å². The Morgan fingerprint density at radius 1 is 1.32 bits per heavy atom. The van der Waals surface area contributed by atoms with Crippen LogP contribution >= 0.6 is 11.8 Å². The molecule has 2 aliphatic rings. The Hall–Kier alpha value is -1.82. The normalized spacial score (nSPS) is 24.5. The van der Waals surface area contributed by atoms with E-state index in [1.54, 1.807) is 0 Å². The molecule has 1 heterocycles. The second-order valence-corrected chi connectivity index (χ2v) is 9.35. The van der Waals surface area contributed by atoms with E-state index in [0.29, 0.717) is 11.7 Å². The summed E-state index contributed by atoms with van der Waals surface area (Å²) >= 11 is 1.48. The summed E-state index contributed by atoms with van der Waals surface area (Å²) in [7, 11) is 0. The number of nitrogens with one attached hydrogen (secondary N) is 1. The monoisotopic (exact) mass is 398 g/mol. The van der Waals surface area contributed by atoms with Crippen molar-refractivity contribution in [2.45, 2.75) is 64.2 Å². The molecule has 2 bridgehead atoms. The van der Waals surface area contributed by atoms with Crippen LogP contribution in [0.25, 0.3) is 11.4 Å². The molecular weight excluding hydrogens is 368 g/mol. The SMILES string of the molecule is CCn1c(SCC(=O)NC(C)C2CC3CCC2C3)nnc1-c1cccc(C)c1. The van der Waals surface area contributed by atoms with Crippen molar-refractivity contribution >= 4 is 17.7 Å². The molecule has 1 N–H and O–H groups in total. The summed E-state index contributed by atoms with van der Waals surface area (Å²) in [5.41, 5.74) is 2.27. The minimum absolute atomic E-state index is 0.100. The molecule has 2 fully saturated rings. The highest BCUT2D eigenvalue weighted by Gasteiger charge is 2.42. The second kappa shape index (κ2) is 8.27. The number of hydrogen-bond donors (Lipinski definition) is 1. The van der Waals surface area contributed by atoms with Crippen LogP contribution in [0.3, 0.4) is 0 Å². The number of carbonyl (C=O) groups is 1. The Labute approximate surface area is 171 Å². The number of aryl methyl sites for hydroxylation is 1. The fourth-order valence-corrected chi connectivity index (χ4v) is 5.93. The maximum atomic E-state index is 12.5. The van der Waals surface area contributed by atoms with Gasteiger partial charge in [-0.25, -0.2) is 0 Å². The number of amides is 1. The molecule has 0 radical (unpaired) electrons. The Morgan fingerprint density at radius 2 is 2.18 bits per heavy atom. The predicted molar refractivity (Wildman–Crippen MR) is 113 cm³/mol. The van der Waals surface area contributed by atoms with Gasteiger partial charge >= 0.3 is 0 Å². The van der Waals surface area contributed by atoms with Gasteiger partial charge in [0.15, 0.2) is 11.0 Å². The third-order valence-corrected chi connectivity index (χ3v) is 7.43. The number of rotatable bonds is 7. The molecule has 6 heteroatoms. The number of hydrogen-bond acceptors (Lipinski definition) is 4. The van der Waals surface area contributed by atoms with Gasteiger partial charge in [-0.3, -0.25) is 4.79 Å². The molecular formula is C22H30N4OS. The van der Waals surface area contributed by atoms with Gasteiger partial charge in [-0.15, -0.1) is 10.2 Å². The van der Waals surface area contributed by atoms with E-state index in [-0.39, 0.29) is 11.9 Å². The zero-order valence-electron chi connectivity index (χ0n) is 17.0. The largest absolute Gasteiger partial charge is 0.353 e. The standard InChI is InChI=1S/C22H30N4OS/c1-4-26-21(18-7-5-6-14(2)10-18)24-25-22(26)28-13-20(27)23-15(3)19-12-16-8-9-17(19)11-16/h5-7,10,15-17,19H,4,8-9,11-13H2,1-3H3,(H,23,27). The first-order valence-electron chi connectivity index (χ1n) is 10.5. The van der Waals surface area contributed by atoms with Crippen molar-refractivity contribution in [3.05, 3.63) is 29.8 Å². The summed E-state index contributed by atoms with van der Waals surface area (Å²) < 4.78 is 2.09. The third kappa shape index (κ3) is 3.97. The van der Waals surface area contributed by atoms with E-state index in [0.717, 1.165) is 34.9 Å². The lowest BCUT2D eigenvalue weighted by molar-refractivity contribution is -0.119. The molecule has 4 rings (SSSR count). The van der Waals surface area contributed by atoms with Crippen LogP contribution in [0.2, 0.25) is 0 Å². The molecule has 5 nitrogen and oxygen atoms in total. The number of aromatic nitrogens is 3. The summed E-state index contributed by atoms with van der Waals surface area (Å²) in [4.78, 5) is 12.5. The third-order valence-electron chi connectivity index (χ3n) is 6.47. The fraction of sp³-hybridized carbons (Fsp3) is 0.591. The number of fused-ring (bicyclic) bond motifs is 2. The van der Waals surface area contributed by atoms with E-state index in [1.165, 1.54) is 43.0 Å². The first kappa shape index (κ1) is 19.5. The van der Waals surface area contributed by atoms with Gasteiger partial charge in [-0.05, 0) is 63.9 Å². The molecule has 0 aliphatic heterocycles. The highest BCUT2D eigenvalue weighted by molar-refractivity contribution is 7.99. The van der Waals surface area contributed by atoms with Crippen LogP contribution in [0.4, 0.5) is 0 Å². The summed E-state index contributed by atoms with van der Waals surface area (Å²) in [5.74, 6) is 3.75. The average molecular weight is 399 g/mol. The summed E-state index contributed by atoms with van der Waals surface area (Å²) in [6, 6.07) is 8.56. The molecule has 1 aromatic heterocycles. The molecule has 0 saturated heterocycles. The van der Waals surface area contributed by atoms with Crippen LogP contribution in [-0.4, -0.2) is 32.5 Å². The van der Waals surface area contributed by atoms with Crippen LogP contribution in [0.15, 0.2) is 29.4 Å². The van der Waals surface area contributed by atoms with Gasteiger partial charge in [0, 0.05) is 18.2 Å². The molecule has 150 valence electrons. The fourth-order valence-electron chi connectivity index (χ4n) is 5.12. The van der Waals surface area contributed by atoms with Crippen molar-refractivity contribution in [1.29, 1.82) is 0 Å². The smallest absolute Gasteiger partial charge is 0.230 e. The molecule has 1 aromatic carbocycles. The van der Waals surface area contributed by atoms with Gasteiger partial charge in [0.2, 0.25) is 5.91 Å². The van der Waals surface area contributed by atoms with Crippen LogP contribution in [-0.2, 0) is 11.3 Å². The zero-order valence-corrected chi connectivity index (χ0v) is 17.8. The number of carbonyl (C=O) groups excluding carboxylic acids is 1. The van der Waals surface area contributed by atoms with Crippen molar-refractivity contribution in [3.63, 3.8) is 0 Å². The van der Waals surface area contributed by atoms with Crippen molar-refractivity contribution < 1.29 is 4.79 Å². The highest BCUT2D eigenvalue weighted by atomic mass is 32.2. The van der Waals surface area contributed by atoms with Gasteiger partial charge in [0.1, 0.15) is 0 Å². The first-order valence-corrected chi connectivity index (χ1v) is 11.5. The molecule has 0 spiro atoms. The van der Waals surface area contributed by atoms with Crippen LogP contribution in [0.5, 0.6) is 0 Å². The molecule has 28 heavy (non-hydrogen) atoms. The van der Waals surface area contributed by atoms with Crippen molar-refractivity contribution in [3.8, 4) is 11.4 Å². The zero-order chi connectivity index (χ0) is 19.7. The highest BCUT2D eigenvalue weighted by Crippen LogP contribution is 2.49. The number of nitrogens with zero attached hydrogens (tertiary/aromatic N) is 3. The molecule has 2 saturated carbocycles. The second-order valence-electron chi connectivity index (χ2n) is 8.40. The Bertz CT molecular complexity index is 849. The Balaban J connectivity index is 1.36. The first-order chi connectivity index (χ1) is 13.5. The molecule has 2 aliphatic carbocycles. The van der Waals surface area contributed by atoms with Gasteiger partial charge in [-0.1, -0.05) is 41.9 Å². The molecule has 1 amide bonds. The summed E-state index contributed by atoms with van der Waals surface area (Å²) in [5, 5.41) is 12.8. The van der Waals surface area contributed by atoms with E-state index in [2.05, 4.69) is 59.1 Å². The quantitative estimate of drug-likeness (QED) is 0.706. The van der Waals surface area contributed by atoms with Crippen LogP contribution in [0.1, 0.15) is 45.1 Å². The van der Waals surface area contributed by atoms with Crippen LogP contribution in [0, 0.1) is 24.7 Å². The van der Waals surface area contributed by atoms with E-state index < -0.39 is 0 Å². The van der Waals surface area contributed by atoms with E-state index >= 15 is 0 Å². The van der Waals surface area contributed by atoms with E-state index in [1.807, 2.05) is 6.07 Å². The Kier molecular flexibility index (Phi) is 5.76. The maximum Gasteiger partial charge on any atom is 0.230 e.